The largest absolute Gasteiger partial charge is 0.205 e. The Labute approximate surface area is 115 Å². The molecular formula is C16H22ClF. The molecule has 0 aliphatic heterocycles. The summed E-state index contributed by atoms with van der Waals surface area (Å²) < 4.78 is 13.9. The molecule has 18 heavy (non-hydrogen) atoms. The van der Waals surface area contributed by atoms with E-state index in [1.165, 1.54) is 25.7 Å². The van der Waals surface area contributed by atoms with Crippen molar-refractivity contribution < 1.29 is 4.39 Å². The smallest absolute Gasteiger partial charge is 0.145 e. The Morgan fingerprint density at radius 3 is 2.56 bits per heavy atom. The van der Waals surface area contributed by atoms with Crippen molar-refractivity contribution in [2.45, 2.75) is 52.4 Å². The summed E-state index contributed by atoms with van der Waals surface area (Å²) in [5.74, 6) is 1.45. The van der Waals surface area contributed by atoms with Crippen molar-refractivity contribution in [1.29, 1.82) is 0 Å². The first-order valence-electron chi connectivity index (χ1n) is 7.01. The van der Waals surface area contributed by atoms with Gasteiger partial charge in [-0.3, -0.25) is 0 Å². The number of hydrogen-bond donors (Lipinski definition) is 0. The SMILES string of the molecule is Cc1ccc(CCC2CCC(C)CC2)c(F)c1Cl. The molecule has 2 heteroatoms. The molecule has 1 saturated carbocycles. The highest BCUT2D eigenvalue weighted by atomic mass is 35.5. The zero-order chi connectivity index (χ0) is 13.1. The second kappa shape index (κ2) is 6.06. The molecule has 0 spiro atoms. The van der Waals surface area contributed by atoms with Gasteiger partial charge in [-0.25, -0.2) is 4.39 Å². The summed E-state index contributed by atoms with van der Waals surface area (Å²) in [5, 5.41) is 0.296. The molecule has 0 radical (unpaired) electrons. The van der Waals surface area contributed by atoms with Crippen LogP contribution < -0.4 is 0 Å². The third-order valence-electron chi connectivity index (χ3n) is 4.31. The number of hydrogen-bond acceptors (Lipinski definition) is 0. The topological polar surface area (TPSA) is 0 Å². The van der Waals surface area contributed by atoms with E-state index >= 15 is 0 Å². The van der Waals surface area contributed by atoms with Gasteiger partial charge in [-0.1, -0.05) is 56.3 Å². The molecular weight excluding hydrogens is 247 g/mol. The Hall–Kier alpha value is -0.560. The van der Waals surface area contributed by atoms with Gasteiger partial charge in [-0.2, -0.15) is 0 Å². The maximum absolute atomic E-state index is 13.9. The van der Waals surface area contributed by atoms with Crippen LogP contribution in [0.1, 0.15) is 50.2 Å². The quantitative estimate of drug-likeness (QED) is 0.674. The minimum absolute atomic E-state index is 0.208. The predicted octanol–water partition coefficient (Wildman–Crippen LogP) is 5.55. The number of rotatable bonds is 3. The van der Waals surface area contributed by atoms with Gasteiger partial charge < -0.3 is 0 Å². The van der Waals surface area contributed by atoms with E-state index in [0.717, 1.165) is 35.8 Å². The van der Waals surface area contributed by atoms with Gasteiger partial charge >= 0.3 is 0 Å². The molecule has 0 heterocycles. The average molecular weight is 269 g/mol. The van der Waals surface area contributed by atoms with Gasteiger partial charge in [0.25, 0.3) is 0 Å². The molecule has 0 N–H and O–H groups in total. The summed E-state index contributed by atoms with van der Waals surface area (Å²) in [5.41, 5.74) is 1.61. The van der Waals surface area contributed by atoms with Gasteiger partial charge in [0.05, 0.1) is 5.02 Å². The summed E-state index contributed by atoms with van der Waals surface area (Å²) >= 11 is 5.95. The van der Waals surface area contributed by atoms with Gasteiger partial charge in [-0.15, -0.1) is 0 Å². The van der Waals surface area contributed by atoms with E-state index < -0.39 is 0 Å². The Morgan fingerprint density at radius 1 is 1.22 bits per heavy atom. The highest BCUT2D eigenvalue weighted by molar-refractivity contribution is 6.31. The van der Waals surface area contributed by atoms with Crippen molar-refractivity contribution in [1.82, 2.24) is 0 Å². The molecule has 0 amide bonds. The molecule has 1 aromatic carbocycles. The van der Waals surface area contributed by atoms with Crippen LogP contribution in [-0.4, -0.2) is 0 Å². The molecule has 1 aliphatic rings. The van der Waals surface area contributed by atoms with Crippen LogP contribution in [0.25, 0.3) is 0 Å². The van der Waals surface area contributed by atoms with Crippen molar-refractivity contribution in [3.63, 3.8) is 0 Å². The van der Waals surface area contributed by atoms with E-state index in [0.29, 0.717) is 5.02 Å². The van der Waals surface area contributed by atoms with E-state index in [-0.39, 0.29) is 5.82 Å². The van der Waals surface area contributed by atoms with Crippen molar-refractivity contribution in [2.75, 3.05) is 0 Å². The first-order chi connectivity index (χ1) is 8.58. The van der Waals surface area contributed by atoms with Crippen LogP contribution in [0.3, 0.4) is 0 Å². The molecule has 1 aromatic rings. The summed E-state index contributed by atoms with van der Waals surface area (Å²) in [6.07, 6.45) is 7.21. The fourth-order valence-corrected chi connectivity index (χ4v) is 3.04. The van der Waals surface area contributed by atoms with Crippen LogP contribution in [0.5, 0.6) is 0 Å². The lowest BCUT2D eigenvalue weighted by Crippen LogP contribution is -2.13. The van der Waals surface area contributed by atoms with Gasteiger partial charge in [0, 0.05) is 0 Å². The van der Waals surface area contributed by atoms with Crippen LogP contribution in [0.15, 0.2) is 12.1 Å². The van der Waals surface area contributed by atoms with E-state index in [2.05, 4.69) is 6.92 Å². The lowest BCUT2D eigenvalue weighted by molar-refractivity contribution is 0.277. The Bertz CT molecular complexity index is 406. The molecule has 1 fully saturated rings. The maximum atomic E-state index is 13.9. The monoisotopic (exact) mass is 268 g/mol. The van der Waals surface area contributed by atoms with Crippen molar-refractivity contribution >= 4 is 11.6 Å². The predicted molar refractivity (Wildman–Crippen MR) is 75.6 cm³/mol. The zero-order valence-electron chi connectivity index (χ0n) is 11.3. The molecule has 0 bridgehead atoms. The third-order valence-corrected chi connectivity index (χ3v) is 4.78. The zero-order valence-corrected chi connectivity index (χ0v) is 12.1. The van der Waals surface area contributed by atoms with Crippen molar-refractivity contribution in [3.05, 3.63) is 34.1 Å². The van der Waals surface area contributed by atoms with E-state index in [1.54, 1.807) is 0 Å². The fourth-order valence-electron chi connectivity index (χ4n) is 2.86. The average Bonchev–Trinajstić information content (AvgIpc) is 2.37. The minimum Gasteiger partial charge on any atom is -0.205 e. The first kappa shape index (κ1) is 13.9. The summed E-state index contributed by atoms with van der Waals surface area (Å²) in [6, 6.07) is 3.81. The van der Waals surface area contributed by atoms with Gasteiger partial charge in [-0.05, 0) is 42.7 Å². The number of benzene rings is 1. The highest BCUT2D eigenvalue weighted by Gasteiger charge is 2.18. The van der Waals surface area contributed by atoms with Gasteiger partial charge in [0.15, 0.2) is 0 Å². The van der Waals surface area contributed by atoms with Crippen LogP contribution in [0.2, 0.25) is 5.02 Å². The van der Waals surface area contributed by atoms with Crippen molar-refractivity contribution in [2.24, 2.45) is 11.8 Å². The molecule has 1 aliphatic carbocycles. The Morgan fingerprint density at radius 2 is 1.89 bits per heavy atom. The summed E-state index contributed by atoms with van der Waals surface area (Å²) in [7, 11) is 0. The molecule has 0 unspecified atom stereocenters. The number of halogens is 2. The minimum atomic E-state index is -0.208. The molecule has 2 rings (SSSR count). The third kappa shape index (κ3) is 3.26. The second-order valence-corrected chi connectivity index (χ2v) is 6.21. The Kier molecular flexibility index (Phi) is 4.66. The van der Waals surface area contributed by atoms with E-state index in [1.807, 2.05) is 19.1 Å². The normalized spacial score (nSPS) is 24.2. The van der Waals surface area contributed by atoms with Crippen LogP contribution >= 0.6 is 11.6 Å². The first-order valence-corrected chi connectivity index (χ1v) is 7.39. The van der Waals surface area contributed by atoms with Crippen molar-refractivity contribution in [3.8, 4) is 0 Å². The molecule has 0 nitrogen and oxygen atoms in total. The molecule has 0 saturated heterocycles. The lowest BCUT2D eigenvalue weighted by atomic mass is 9.80. The summed E-state index contributed by atoms with van der Waals surface area (Å²) in [6.45, 7) is 4.17. The standard InChI is InChI=1S/C16H22ClF/c1-11-3-6-13(7-4-11)8-10-14-9-5-12(2)15(17)16(14)18/h5,9,11,13H,3-4,6-8,10H2,1-2H3. The number of aryl methyl sites for hydroxylation is 2. The van der Waals surface area contributed by atoms with Crippen LogP contribution in [0, 0.1) is 24.6 Å². The van der Waals surface area contributed by atoms with E-state index in [4.69, 9.17) is 11.6 Å². The lowest BCUT2D eigenvalue weighted by Gasteiger charge is -2.26. The fraction of sp³-hybridized carbons (Fsp3) is 0.625. The van der Waals surface area contributed by atoms with Crippen LogP contribution in [-0.2, 0) is 6.42 Å². The van der Waals surface area contributed by atoms with Gasteiger partial charge in [0.2, 0.25) is 0 Å². The Balaban J connectivity index is 1.92. The molecule has 0 atom stereocenters. The second-order valence-electron chi connectivity index (χ2n) is 5.83. The summed E-state index contributed by atoms with van der Waals surface area (Å²) in [4.78, 5) is 0. The van der Waals surface area contributed by atoms with E-state index in [9.17, 15) is 4.39 Å². The van der Waals surface area contributed by atoms with Gasteiger partial charge in [0.1, 0.15) is 5.82 Å². The highest BCUT2D eigenvalue weighted by Crippen LogP contribution is 2.32. The molecule has 100 valence electrons. The van der Waals surface area contributed by atoms with Crippen LogP contribution in [0.4, 0.5) is 4.39 Å². The molecule has 0 aromatic heterocycles. The maximum Gasteiger partial charge on any atom is 0.145 e.